The van der Waals surface area contributed by atoms with Gasteiger partial charge in [-0.3, -0.25) is 9.20 Å². The molecule has 0 aliphatic rings. The third-order valence-electron chi connectivity index (χ3n) is 3.50. The molecule has 3 rings (SSSR count). The van der Waals surface area contributed by atoms with Crippen molar-refractivity contribution < 1.29 is 9.18 Å². The fraction of sp³-hybridized carbons (Fsp3) is 0.118. The molecule has 1 amide bonds. The first kappa shape index (κ1) is 14.7. The Morgan fingerprint density at radius 1 is 1.35 bits per heavy atom. The lowest BCUT2D eigenvalue weighted by molar-refractivity contribution is 0.102. The maximum atomic E-state index is 13.5. The Bertz CT molecular complexity index is 939. The highest BCUT2D eigenvalue weighted by Crippen LogP contribution is 2.19. The Morgan fingerprint density at radius 3 is 2.87 bits per heavy atom. The van der Waals surface area contributed by atoms with Crippen LogP contribution in [0.25, 0.3) is 5.65 Å². The molecule has 0 saturated heterocycles. The van der Waals surface area contributed by atoms with Crippen LogP contribution in [0.5, 0.6) is 0 Å². The number of nitriles is 1. The minimum atomic E-state index is -0.455. The third kappa shape index (κ3) is 2.64. The lowest BCUT2D eigenvalue weighted by Gasteiger charge is -2.08. The number of carbonyl (C=O) groups excluding carboxylic acids is 1. The quantitative estimate of drug-likeness (QED) is 0.808. The highest BCUT2D eigenvalue weighted by molar-refractivity contribution is 6.05. The normalized spacial score (nSPS) is 10.5. The molecule has 0 atom stereocenters. The average molecular weight is 308 g/mol. The first-order valence-corrected chi connectivity index (χ1v) is 7.11. The largest absolute Gasteiger partial charge is 0.319 e. The summed E-state index contributed by atoms with van der Waals surface area (Å²) in [5.74, 6) is -0.883. The number of aromatic nitrogens is 2. The Morgan fingerprint density at radius 2 is 2.13 bits per heavy atom. The second-order valence-electron chi connectivity index (χ2n) is 4.95. The summed E-state index contributed by atoms with van der Waals surface area (Å²) in [6, 6.07) is 11.6. The third-order valence-corrected chi connectivity index (χ3v) is 3.50. The van der Waals surface area contributed by atoms with Crippen LogP contribution in [-0.2, 0) is 6.42 Å². The van der Waals surface area contributed by atoms with Crippen molar-refractivity contribution >= 4 is 17.2 Å². The maximum Gasteiger partial charge on any atom is 0.274 e. The van der Waals surface area contributed by atoms with E-state index in [2.05, 4.69) is 10.3 Å². The van der Waals surface area contributed by atoms with Crippen molar-refractivity contribution in [3.8, 4) is 6.07 Å². The van der Waals surface area contributed by atoms with Crippen LogP contribution >= 0.6 is 0 Å². The van der Waals surface area contributed by atoms with Gasteiger partial charge in [-0.15, -0.1) is 0 Å². The zero-order valence-corrected chi connectivity index (χ0v) is 12.4. The molecule has 0 aliphatic heterocycles. The molecule has 3 aromatic rings. The first-order chi connectivity index (χ1) is 11.1. The van der Waals surface area contributed by atoms with E-state index in [-0.39, 0.29) is 5.69 Å². The number of aryl methyl sites for hydroxylation is 1. The Kier molecular flexibility index (Phi) is 3.77. The topological polar surface area (TPSA) is 70.2 Å². The number of anilines is 1. The van der Waals surface area contributed by atoms with Gasteiger partial charge in [0.15, 0.2) is 0 Å². The van der Waals surface area contributed by atoms with E-state index in [1.165, 1.54) is 22.7 Å². The fourth-order valence-corrected chi connectivity index (χ4v) is 2.43. The summed E-state index contributed by atoms with van der Waals surface area (Å²) < 4.78 is 14.9. The van der Waals surface area contributed by atoms with E-state index in [1.54, 1.807) is 24.3 Å². The second kappa shape index (κ2) is 5.89. The van der Waals surface area contributed by atoms with Gasteiger partial charge in [-0.2, -0.15) is 5.26 Å². The van der Waals surface area contributed by atoms with Gasteiger partial charge in [0, 0.05) is 6.20 Å². The minimum Gasteiger partial charge on any atom is -0.319 e. The monoisotopic (exact) mass is 308 g/mol. The van der Waals surface area contributed by atoms with Crippen LogP contribution in [0.15, 0.2) is 42.6 Å². The summed E-state index contributed by atoms with van der Waals surface area (Å²) in [6.45, 7) is 1.87. The van der Waals surface area contributed by atoms with Gasteiger partial charge in [0.1, 0.15) is 23.2 Å². The Balaban J connectivity index is 2.07. The van der Waals surface area contributed by atoms with Crippen LogP contribution in [-0.4, -0.2) is 15.3 Å². The average Bonchev–Trinajstić information content (AvgIpc) is 2.93. The SMILES string of the molecule is CCc1nc2ccc(F)cn2c1C(=O)Nc1ccccc1C#N. The van der Waals surface area contributed by atoms with E-state index in [0.29, 0.717) is 29.0 Å². The number of fused-ring (bicyclic) bond motifs is 1. The number of halogens is 1. The molecular weight excluding hydrogens is 295 g/mol. The van der Waals surface area contributed by atoms with Crippen LogP contribution in [0, 0.1) is 17.1 Å². The molecule has 0 saturated carbocycles. The van der Waals surface area contributed by atoms with Crippen LogP contribution in [0.1, 0.15) is 28.7 Å². The van der Waals surface area contributed by atoms with Crippen molar-refractivity contribution in [2.75, 3.05) is 5.32 Å². The predicted molar refractivity (Wildman–Crippen MR) is 83.6 cm³/mol. The molecule has 0 fully saturated rings. The van der Waals surface area contributed by atoms with E-state index < -0.39 is 11.7 Å². The second-order valence-corrected chi connectivity index (χ2v) is 4.95. The van der Waals surface area contributed by atoms with Crippen molar-refractivity contribution in [3.63, 3.8) is 0 Å². The van der Waals surface area contributed by atoms with Gasteiger partial charge in [-0.25, -0.2) is 9.37 Å². The van der Waals surface area contributed by atoms with E-state index in [1.807, 2.05) is 13.0 Å². The highest BCUT2D eigenvalue weighted by atomic mass is 19.1. The van der Waals surface area contributed by atoms with Crippen molar-refractivity contribution in [2.24, 2.45) is 0 Å². The van der Waals surface area contributed by atoms with Crippen molar-refractivity contribution in [1.82, 2.24) is 9.38 Å². The molecule has 0 spiro atoms. The number of imidazole rings is 1. The van der Waals surface area contributed by atoms with Gasteiger partial charge in [0.2, 0.25) is 0 Å². The molecular formula is C17H13FN4O. The number of nitrogens with zero attached hydrogens (tertiary/aromatic N) is 3. The molecule has 1 N–H and O–H groups in total. The van der Waals surface area contributed by atoms with Crippen LogP contribution in [0.4, 0.5) is 10.1 Å². The summed E-state index contributed by atoms with van der Waals surface area (Å²) >= 11 is 0. The Labute approximate surface area is 132 Å². The molecule has 5 nitrogen and oxygen atoms in total. The van der Waals surface area contributed by atoms with E-state index >= 15 is 0 Å². The molecule has 6 heteroatoms. The Hall–Kier alpha value is -3.20. The molecule has 0 radical (unpaired) electrons. The molecule has 0 aliphatic carbocycles. The summed E-state index contributed by atoms with van der Waals surface area (Å²) in [5.41, 5.74) is 2.12. The zero-order chi connectivity index (χ0) is 16.4. The summed E-state index contributed by atoms with van der Waals surface area (Å²) in [7, 11) is 0. The number of rotatable bonds is 3. The lowest BCUT2D eigenvalue weighted by Crippen LogP contribution is -2.17. The van der Waals surface area contributed by atoms with Crippen LogP contribution < -0.4 is 5.32 Å². The standard InChI is InChI=1S/C17H13FN4O/c1-2-13-16(22-10-12(18)7-8-15(22)20-13)17(23)21-14-6-4-3-5-11(14)9-19/h3-8,10H,2H2,1H3,(H,21,23). The summed E-state index contributed by atoms with van der Waals surface area (Å²) in [4.78, 5) is 17.0. The molecule has 0 bridgehead atoms. The highest BCUT2D eigenvalue weighted by Gasteiger charge is 2.19. The van der Waals surface area contributed by atoms with Gasteiger partial charge in [-0.05, 0) is 30.7 Å². The fourth-order valence-electron chi connectivity index (χ4n) is 2.43. The summed E-state index contributed by atoms with van der Waals surface area (Å²) in [5, 5.41) is 11.8. The number of para-hydroxylation sites is 1. The predicted octanol–water partition coefficient (Wildman–Crippen LogP) is 3.16. The molecule has 1 aromatic carbocycles. The van der Waals surface area contributed by atoms with Crippen LogP contribution in [0.3, 0.4) is 0 Å². The molecule has 23 heavy (non-hydrogen) atoms. The first-order valence-electron chi connectivity index (χ1n) is 7.11. The van der Waals surface area contributed by atoms with Crippen molar-refractivity contribution in [2.45, 2.75) is 13.3 Å². The number of benzene rings is 1. The van der Waals surface area contributed by atoms with Gasteiger partial charge in [0.25, 0.3) is 5.91 Å². The van der Waals surface area contributed by atoms with Gasteiger partial charge in [0.05, 0.1) is 16.9 Å². The lowest BCUT2D eigenvalue weighted by atomic mass is 10.2. The number of hydrogen-bond donors (Lipinski definition) is 1. The smallest absolute Gasteiger partial charge is 0.274 e. The number of pyridine rings is 1. The van der Waals surface area contributed by atoms with Crippen LogP contribution in [0.2, 0.25) is 0 Å². The van der Waals surface area contributed by atoms with Crippen molar-refractivity contribution in [1.29, 1.82) is 5.26 Å². The molecule has 0 unspecified atom stereocenters. The van der Waals surface area contributed by atoms with Crippen molar-refractivity contribution in [3.05, 3.63) is 65.4 Å². The zero-order valence-electron chi connectivity index (χ0n) is 12.4. The maximum absolute atomic E-state index is 13.5. The molecule has 2 aromatic heterocycles. The number of hydrogen-bond acceptors (Lipinski definition) is 3. The van der Waals surface area contributed by atoms with E-state index in [0.717, 1.165) is 0 Å². The number of amides is 1. The number of carbonyl (C=O) groups is 1. The minimum absolute atomic E-state index is 0.273. The van der Waals surface area contributed by atoms with E-state index in [9.17, 15) is 9.18 Å². The van der Waals surface area contributed by atoms with Gasteiger partial charge < -0.3 is 5.32 Å². The number of nitrogens with one attached hydrogen (secondary N) is 1. The molecule has 2 heterocycles. The summed E-state index contributed by atoms with van der Waals surface area (Å²) in [6.07, 6.45) is 1.76. The molecule has 114 valence electrons. The van der Waals surface area contributed by atoms with Gasteiger partial charge >= 0.3 is 0 Å². The van der Waals surface area contributed by atoms with E-state index in [4.69, 9.17) is 5.26 Å². The van der Waals surface area contributed by atoms with Gasteiger partial charge in [-0.1, -0.05) is 19.1 Å².